The number of hydrogen-bond donors (Lipinski definition) is 0. The Labute approximate surface area is 241 Å². The summed E-state index contributed by atoms with van der Waals surface area (Å²) in [6.07, 6.45) is -1.41. The van der Waals surface area contributed by atoms with E-state index in [4.69, 9.17) is 29.4 Å². The van der Waals surface area contributed by atoms with Crippen LogP contribution in [-0.4, -0.2) is 63.1 Å². The second-order valence-corrected chi connectivity index (χ2v) is 11.0. The number of pyridine rings is 1. The zero-order valence-corrected chi connectivity index (χ0v) is 24.0. The minimum absolute atomic E-state index is 0.0312. The van der Waals surface area contributed by atoms with Crippen molar-refractivity contribution >= 4 is 22.7 Å². The van der Waals surface area contributed by atoms with Gasteiger partial charge in [-0.05, 0) is 38.3 Å². The molecule has 3 aromatic rings. The summed E-state index contributed by atoms with van der Waals surface area (Å²) in [4.78, 5) is 33.3. The number of aromatic nitrogens is 5. The minimum atomic E-state index is -4.43. The van der Waals surface area contributed by atoms with Crippen molar-refractivity contribution in [2.45, 2.75) is 77.3 Å². The van der Waals surface area contributed by atoms with Crippen LogP contribution in [0.1, 0.15) is 80.7 Å². The Morgan fingerprint density at radius 1 is 1.05 bits per heavy atom. The van der Waals surface area contributed by atoms with E-state index in [2.05, 4.69) is 5.73 Å². The number of aryl methyl sites for hydroxylation is 1. The summed E-state index contributed by atoms with van der Waals surface area (Å²) in [5.41, 5.74) is 5.42. The molecule has 2 saturated heterocycles. The molecular formula is C30H33F3N6O3. The van der Waals surface area contributed by atoms with Gasteiger partial charge in [0.05, 0.1) is 42.8 Å². The van der Waals surface area contributed by atoms with E-state index in [1.807, 2.05) is 38.8 Å². The molecule has 0 aromatic carbocycles. The summed E-state index contributed by atoms with van der Waals surface area (Å²) in [5.74, 6) is 0.433. The van der Waals surface area contributed by atoms with Crippen LogP contribution in [0.2, 0.25) is 0 Å². The predicted octanol–water partition coefficient (Wildman–Crippen LogP) is 5.21. The molecule has 2 aliphatic heterocycles. The van der Waals surface area contributed by atoms with Crippen LogP contribution in [-0.2, 0) is 9.47 Å². The Hall–Kier alpha value is -3.60. The number of anilines is 1. The van der Waals surface area contributed by atoms with Gasteiger partial charge in [0.25, 0.3) is 5.56 Å². The fourth-order valence-electron chi connectivity index (χ4n) is 5.46. The maximum atomic E-state index is 13.3. The van der Waals surface area contributed by atoms with Crippen molar-refractivity contribution in [1.82, 2.24) is 24.5 Å². The molecule has 4 aliphatic rings. The van der Waals surface area contributed by atoms with Gasteiger partial charge in [-0.15, -0.1) is 5.73 Å². The molecule has 1 saturated carbocycles. The predicted molar refractivity (Wildman–Crippen MR) is 150 cm³/mol. The van der Waals surface area contributed by atoms with E-state index in [1.165, 1.54) is 0 Å². The number of morpholine rings is 1. The topological polar surface area (TPSA) is 95.3 Å². The van der Waals surface area contributed by atoms with Crippen molar-refractivity contribution < 1.29 is 22.6 Å². The van der Waals surface area contributed by atoms with Crippen LogP contribution >= 0.6 is 0 Å². The lowest BCUT2D eigenvalue weighted by Crippen LogP contribution is -2.44. The summed E-state index contributed by atoms with van der Waals surface area (Å²) in [6.45, 7) is 9.74. The molecule has 3 aromatic heterocycles. The SMILES string of the molecule is CC.Cc1nc2nc(N3C[C@@H](C)O[C@@H](c4ccc(=O)n(C5CC5)c4)C3)nc(C3=C=C(C(F)(F)F)C3)c2nc1C1COC1. The van der Waals surface area contributed by atoms with Gasteiger partial charge in [0.15, 0.2) is 5.65 Å². The van der Waals surface area contributed by atoms with Gasteiger partial charge in [0.1, 0.15) is 17.3 Å². The maximum Gasteiger partial charge on any atom is 0.420 e. The third-order valence-corrected chi connectivity index (χ3v) is 7.85. The van der Waals surface area contributed by atoms with Gasteiger partial charge in [0, 0.05) is 42.8 Å². The Bertz CT molecular complexity index is 1650. The van der Waals surface area contributed by atoms with Crippen LogP contribution in [0, 0.1) is 6.92 Å². The number of rotatable bonds is 5. The first-order valence-electron chi connectivity index (χ1n) is 14.5. The van der Waals surface area contributed by atoms with Crippen molar-refractivity contribution in [2.75, 3.05) is 31.2 Å². The maximum absolute atomic E-state index is 13.3. The molecule has 0 N–H and O–H groups in total. The summed E-state index contributed by atoms with van der Waals surface area (Å²) in [7, 11) is 0. The minimum Gasteiger partial charge on any atom is -0.380 e. The molecule has 0 radical (unpaired) electrons. The summed E-state index contributed by atoms with van der Waals surface area (Å²) >= 11 is 0. The second kappa shape index (κ2) is 10.9. The Balaban J connectivity index is 0.00000155. The largest absolute Gasteiger partial charge is 0.420 e. The smallest absolute Gasteiger partial charge is 0.380 e. The number of allylic oxidation sites excluding steroid dienone is 1. The summed E-state index contributed by atoms with van der Waals surface area (Å²) < 4.78 is 53.2. The highest BCUT2D eigenvalue weighted by molar-refractivity contribution is 5.88. The van der Waals surface area contributed by atoms with Gasteiger partial charge in [-0.1, -0.05) is 13.8 Å². The molecule has 42 heavy (non-hydrogen) atoms. The van der Waals surface area contributed by atoms with Crippen molar-refractivity contribution in [2.24, 2.45) is 0 Å². The Kier molecular flexibility index (Phi) is 7.41. The Morgan fingerprint density at radius 3 is 2.43 bits per heavy atom. The van der Waals surface area contributed by atoms with Crippen LogP contribution in [0.25, 0.3) is 16.7 Å². The highest BCUT2D eigenvalue weighted by Gasteiger charge is 2.39. The number of ether oxygens (including phenoxy) is 2. The first-order chi connectivity index (χ1) is 20.1. The lowest BCUT2D eigenvalue weighted by atomic mass is 9.93. The highest BCUT2D eigenvalue weighted by Crippen LogP contribution is 2.41. The van der Waals surface area contributed by atoms with E-state index >= 15 is 0 Å². The summed E-state index contributed by atoms with van der Waals surface area (Å²) in [5, 5.41) is 0. The normalized spacial score (nSPS) is 22.5. The van der Waals surface area contributed by atoms with E-state index in [9.17, 15) is 18.0 Å². The van der Waals surface area contributed by atoms with Gasteiger partial charge in [-0.3, -0.25) is 4.79 Å². The van der Waals surface area contributed by atoms with Gasteiger partial charge in [0.2, 0.25) is 5.95 Å². The van der Waals surface area contributed by atoms with Crippen molar-refractivity contribution in [3.05, 3.63) is 62.6 Å². The van der Waals surface area contributed by atoms with E-state index in [1.54, 1.807) is 16.7 Å². The van der Waals surface area contributed by atoms with Gasteiger partial charge in [-0.2, -0.15) is 18.2 Å². The second-order valence-electron chi connectivity index (χ2n) is 11.0. The van der Waals surface area contributed by atoms with Crippen molar-refractivity contribution in [3.8, 4) is 0 Å². The number of fused-ring (bicyclic) bond motifs is 1. The molecule has 9 nitrogen and oxygen atoms in total. The zero-order chi connectivity index (χ0) is 29.8. The molecule has 222 valence electrons. The standard InChI is InChI=1S/C28H27F3N6O3.C2H6/c1-14-9-36(11-21(40-14)16-3-6-22(38)37(10-16)20-4-5-20)27-34-24(17-7-19(8-17)28(29,30)31)25-26(35-27)32-15(2)23(33-25)18-12-39-13-18;1-2/h3,6,10,14,18,20-21H,4-5,7,9,11-13H2,1-2H3;1-2H3/t14-,21-;/m1./s1. The Morgan fingerprint density at radius 2 is 1.79 bits per heavy atom. The average molecular weight is 583 g/mol. The molecule has 7 rings (SSSR count). The van der Waals surface area contributed by atoms with Gasteiger partial charge >= 0.3 is 6.18 Å². The molecule has 0 amide bonds. The van der Waals surface area contributed by atoms with Gasteiger partial charge in [-0.25, -0.2) is 15.0 Å². The number of halogens is 3. The van der Waals surface area contributed by atoms with Gasteiger partial charge < -0.3 is 18.9 Å². The van der Waals surface area contributed by atoms with Crippen LogP contribution < -0.4 is 10.5 Å². The van der Waals surface area contributed by atoms with Crippen LogP contribution in [0.15, 0.2) is 34.4 Å². The monoisotopic (exact) mass is 582 g/mol. The van der Waals surface area contributed by atoms with E-state index in [0.29, 0.717) is 60.4 Å². The molecule has 0 bridgehead atoms. The average Bonchev–Trinajstić information content (AvgIpc) is 3.73. The van der Waals surface area contributed by atoms with E-state index in [0.717, 1.165) is 24.1 Å². The molecule has 0 unspecified atom stereocenters. The molecule has 2 aliphatic carbocycles. The van der Waals surface area contributed by atoms with Crippen molar-refractivity contribution in [3.63, 3.8) is 0 Å². The lowest BCUT2D eigenvalue weighted by Gasteiger charge is -2.37. The van der Waals surface area contributed by atoms with Crippen LogP contribution in [0.3, 0.4) is 0 Å². The number of hydrogen-bond acceptors (Lipinski definition) is 8. The molecule has 3 fully saturated rings. The third-order valence-electron chi connectivity index (χ3n) is 7.85. The van der Waals surface area contributed by atoms with Crippen molar-refractivity contribution in [1.29, 1.82) is 0 Å². The van der Waals surface area contributed by atoms with Crippen LogP contribution in [0.4, 0.5) is 19.1 Å². The zero-order valence-electron chi connectivity index (χ0n) is 24.0. The fourth-order valence-corrected chi connectivity index (χ4v) is 5.46. The van der Waals surface area contributed by atoms with E-state index in [-0.39, 0.29) is 36.1 Å². The number of alkyl halides is 3. The first-order valence-corrected chi connectivity index (χ1v) is 14.5. The molecule has 0 spiro atoms. The molecular weight excluding hydrogens is 549 g/mol. The summed E-state index contributed by atoms with van der Waals surface area (Å²) in [6, 6.07) is 3.60. The molecule has 2 atom stereocenters. The number of nitrogens with zero attached hydrogens (tertiary/aromatic N) is 6. The molecule has 12 heteroatoms. The highest BCUT2D eigenvalue weighted by atomic mass is 19.4. The van der Waals surface area contributed by atoms with Crippen LogP contribution in [0.5, 0.6) is 0 Å². The fraction of sp³-hybridized carbons (Fsp3) is 0.533. The quantitative estimate of drug-likeness (QED) is 0.379. The lowest BCUT2D eigenvalue weighted by molar-refractivity contribution is -0.0934. The van der Waals surface area contributed by atoms with E-state index < -0.39 is 11.7 Å². The molecule has 5 heterocycles. The third kappa shape index (κ3) is 5.34. The first kappa shape index (κ1) is 28.5.